The van der Waals surface area contributed by atoms with Crippen molar-refractivity contribution in [1.82, 2.24) is 9.88 Å². The van der Waals surface area contributed by atoms with Gasteiger partial charge in [-0.15, -0.1) is 0 Å². The van der Waals surface area contributed by atoms with Crippen molar-refractivity contribution >= 4 is 17.0 Å². The Morgan fingerprint density at radius 3 is 2.56 bits per heavy atom. The number of H-pyrrole nitrogens is 1. The zero-order chi connectivity index (χ0) is 17.6. The quantitative estimate of drug-likeness (QED) is 0.712. The van der Waals surface area contributed by atoms with E-state index >= 15 is 0 Å². The van der Waals surface area contributed by atoms with Gasteiger partial charge in [0, 0.05) is 23.1 Å². The topological polar surface area (TPSA) is 45.3 Å². The van der Waals surface area contributed by atoms with Crippen LogP contribution in [-0.4, -0.2) is 29.6 Å². The Balaban J connectivity index is 1.91. The molecule has 3 aromatic rings. The van der Waals surface area contributed by atoms with Crippen molar-refractivity contribution in [2.45, 2.75) is 26.3 Å². The number of nitrogens with one attached hydrogen (secondary N) is 1. The lowest BCUT2D eigenvalue weighted by molar-refractivity contribution is 0.108. The van der Waals surface area contributed by atoms with E-state index in [9.17, 15) is 4.79 Å². The summed E-state index contributed by atoms with van der Waals surface area (Å²) in [7, 11) is 1.44. The summed E-state index contributed by atoms with van der Waals surface area (Å²) in [6.07, 6.45) is 0.544. The van der Waals surface area contributed by atoms with Gasteiger partial charge in [0.05, 0.1) is 7.11 Å². The van der Waals surface area contributed by atoms with Crippen molar-refractivity contribution < 1.29 is 9.53 Å². The number of carbonyl (C=O) groups excluding carboxylic acids is 1. The first kappa shape index (κ1) is 15.8. The molecule has 0 saturated heterocycles. The van der Waals surface area contributed by atoms with E-state index in [2.05, 4.69) is 61.3 Å². The Labute approximate surface area is 147 Å². The molecule has 1 atom stereocenters. The number of aromatic amines is 1. The van der Waals surface area contributed by atoms with E-state index < -0.39 is 0 Å². The molecule has 2 heterocycles. The summed E-state index contributed by atoms with van der Waals surface area (Å²) < 4.78 is 5.05. The molecule has 1 aliphatic heterocycles. The van der Waals surface area contributed by atoms with E-state index in [1.54, 1.807) is 0 Å². The average molecular weight is 334 g/mol. The fourth-order valence-electron chi connectivity index (χ4n) is 3.81. The number of carbonyl (C=O) groups is 1. The van der Waals surface area contributed by atoms with Crippen LogP contribution < -0.4 is 0 Å². The Morgan fingerprint density at radius 2 is 1.84 bits per heavy atom. The van der Waals surface area contributed by atoms with Crippen molar-refractivity contribution in [2.75, 3.05) is 13.7 Å². The van der Waals surface area contributed by atoms with Gasteiger partial charge in [-0.3, -0.25) is 4.90 Å². The summed E-state index contributed by atoms with van der Waals surface area (Å²) in [5.41, 5.74) is 7.08. The monoisotopic (exact) mass is 334 g/mol. The molecular weight excluding hydrogens is 312 g/mol. The number of aromatic nitrogens is 1. The highest BCUT2D eigenvalue weighted by Crippen LogP contribution is 2.38. The maximum Gasteiger partial charge on any atom is 0.410 e. The van der Waals surface area contributed by atoms with Gasteiger partial charge in [-0.05, 0) is 43.5 Å². The summed E-state index contributed by atoms with van der Waals surface area (Å²) in [4.78, 5) is 17.8. The lowest BCUT2D eigenvalue weighted by Crippen LogP contribution is -2.40. The van der Waals surface area contributed by atoms with Crippen LogP contribution in [-0.2, 0) is 11.2 Å². The smallest absolute Gasteiger partial charge is 0.410 e. The molecule has 0 bridgehead atoms. The molecule has 4 heteroatoms. The second-order valence-corrected chi connectivity index (χ2v) is 6.79. The number of ether oxygens (including phenoxy) is 1. The highest BCUT2D eigenvalue weighted by Gasteiger charge is 2.35. The Morgan fingerprint density at radius 1 is 1.12 bits per heavy atom. The molecule has 1 unspecified atom stereocenters. The maximum atomic E-state index is 12.4. The molecule has 0 radical (unpaired) electrons. The minimum Gasteiger partial charge on any atom is -0.453 e. The molecule has 1 aromatic heterocycles. The number of benzene rings is 2. The van der Waals surface area contributed by atoms with E-state index in [1.807, 2.05) is 4.90 Å². The van der Waals surface area contributed by atoms with Crippen LogP contribution in [0.25, 0.3) is 10.9 Å². The molecule has 4 rings (SSSR count). The van der Waals surface area contributed by atoms with Crippen LogP contribution >= 0.6 is 0 Å². The van der Waals surface area contributed by atoms with Gasteiger partial charge in [-0.25, -0.2) is 4.79 Å². The van der Waals surface area contributed by atoms with E-state index in [4.69, 9.17) is 4.74 Å². The number of amides is 1. The Kier molecular flexibility index (Phi) is 3.75. The second kappa shape index (κ2) is 5.96. The first-order valence-corrected chi connectivity index (χ1v) is 8.60. The lowest BCUT2D eigenvalue weighted by Gasteiger charge is -2.35. The molecule has 25 heavy (non-hydrogen) atoms. The number of aryl methyl sites for hydroxylation is 2. The van der Waals surface area contributed by atoms with Gasteiger partial charge in [0.25, 0.3) is 0 Å². The fourth-order valence-corrected chi connectivity index (χ4v) is 3.81. The van der Waals surface area contributed by atoms with Crippen LogP contribution in [0.2, 0.25) is 0 Å². The fraction of sp³-hybridized carbons (Fsp3) is 0.286. The standard InChI is InChI=1S/C21H22N2O2/c1-13-4-7-15(8-5-13)20-19-16(10-11-23(20)21(24)25-3)17-12-14(2)6-9-18(17)22-19/h4-9,12,20,22H,10-11H2,1-3H3. The van der Waals surface area contributed by atoms with E-state index in [0.717, 1.165) is 23.2 Å². The van der Waals surface area contributed by atoms with Crippen LogP contribution in [0.5, 0.6) is 0 Å². The van der Waals surface area contributed by atoms with Crippen molar-refractivity contribution in [3.63, 3.8) is 0 Å². The molecule has 0 spiro atoms. The number of fused-ring (bicyclic) bond motifs is 3. The predicted molar refractivity (Wildman–Crippen MR) is 98.9 cm³/mol. The van der Waals surface area contributed by atoms with Gasteiger partial charge >= 0.3 is 6.09 Å². The number of rotatable bonds is 1. The molecule has 0 fully saturated rings. The first-order chi connectivity index (χ1) is 12.1. The molecule has 0 saturated carbocycles. The summed E-state index contributed by atoms with van der Waals surface area (Å²) in [5.74, 6) is 0. The summed E-state index contributed by atoms with van der Waals surface area (Å²) in [5, 5.41) is 1.26. The molecule has 2 aromatic carbocycles. The first-order valence-electron chi connectivity index (χ1n) is 8.60. The zero-order valence-electron chi connectivity index (χ0n) is 14.8. The molecule has 128 valence electrons. The highest BCUT2D eigenvalue weighted by atomic mass is 16.5. The van der Waals surface area contributed by atoms with Gasteiger partial charge in [0.15, 0.2) is 0 Å². The minimum absolute atomic E-state index is 0.149. The van der Waals surface area contributed by atoms with Crippen LogP contribution in [0.1, 0.15) is 34.0 Å². The molecule has 0 aliphatic carbocycles. The average Bonchev–Trinajstić information content (AvgIpc) is 2.99. The molecule has 1 N–H and O–H groups in total. The summed E-state index contributed by atoms with van der Waals surface area (Å²) in [6, 6.07) is 14.7. The number of hydrogen-bond acceptors (Lipinski definition) is 2. The van der Waals surface area contributed by atoms with Crippen LogP contribution in [0, 0.1) is 13.8 Å². The third-order valence-electron chi connectivity index (χ3n) is 5.08. The van der Waals surface area contributed by atoms with E-state index in [0.29, 0.717) is 6.54 Å². The highest BCUT2D eigenvalue weighted by molar-refractivity contribution is 5.86. The van der Waals surface area contributed by atoms with Gasteiger partial charge in [-0.2, -0.15) is 0 Å². The Bertz CT molecular complexity index is 940. The third kappa shape index (κ3) is 2.58. The van der Waals surface area contributed by atoms with Gasteiger partial charge < -0.3 is 9.72 Å². The third-order valence-corrected chi connectivity index (χ3v) is 5.08. The van der Waals surface area contributed by atoms with Gasteiger partial charge in [0.1, 0.15) is 6.04 Å². The number of hydrogen-bond donors (Lipinski definition) is 1. The van der Waals surface area contributed by atoms with Crippen molar-refractivity contribution in [1.29, 1.82) is 0 Å². The minimum atomic E-state index is -0.286. The molecule has 1 amide bonds. The molecule has 4 nitrogen and oxygen atoms in total. The normalized spacial score (nSPS) is 16.8. The van der Waals surface area contributed by atoms with Crippen LogP contribution in [0.15, 0.2) is 42.5 Å². The SMILES string of the molecule is COC(=O)N1CCc2c([nH]c3ccc(C)cc23)C1c1ccc(C)cc1. The summed E-state index contributed by atoms with van der Waals surface area (Å²) >= 11 is 0. The second-order valence-electron chi connectivity index (χ2n) is 6.79. The largest absolute Gasteiger partial charge is 0.453 e. The lowest BCUT2D eigenvalue weighted by atomic mass is 9.92. The number of nitrogens with zero attached hydrogens (tertiary/aromatic N) is 1. The Hall–Kier alpha value is -2.75. The van der Waals surface area contributed by atoms with Gasteiger partial charge in [-0.1, -0.05) is 41.5 Å². The molecular formula is C21H22N2O2. The van der Waals surface area contributed by atoms with Crippen molar-refractivity contribution in [3.8, 4) is 0 Å². The van der Waals surface area contributed by atoms with Gasteiger partial charge in [0.2, 0.25) is 0 Å². The van der Waals surface area contributed by atoms with Crippen LogP contribution in [0.3, 0.4) is 0 Å². The zero-order valence-corrected chi connectivity index (χ0v) is 14.8. The van der Waals surface area contributed by atoms with E-state index in [-0.39, 0.29) is 12.1 Å². The van der Waals surface area contributed by atoms with Crippen LogP contribution in [0.4, 0.5) is 4.79 Å². The maximum absolute atomic E-state index is 12.4. The predicted octanol–water partition coefficient (Wildman–Crippen LogP) is 4.50. The van der Waals surface area contributed by atoms with Crippen molar-refractivity contribution in [2.24, 2.45) is 0 Å². The van der Waals surface area contributed by atoms with Crippen molar-refractivity contribution in [3.05, 3.63) is 70.4 Å². The molecule has 1 aliphatic rings. The summed E-state index contributed by atoms with van der Waals surface area (Å²) in [6.45, 7) is 4.83. The number of methoxy groups -OCH3 is 1. The van der Waals surface area contributed by atoms with E-state index in [1.165, 1.54) is 29.2 Å².